The Morgan fingerprint density at radius 2 is 1.42 bits per heavy atom. The van der Waals surface area contributed by atoms with Gasteiger partial charge in [0.25, 0.3) is 0 Å². The predicted molar refractivity (Wildman–Crippen MR) is 100.0 cm³/mol. The zero-order valence-corrected chi connectivity index (χ0v) is 14.1. The van der Waals surface area contributed by atoms with E-state index in [1.807, 2.05) is 0 Å². The van der Waals surface area contributed by atoms with Crippen LogP contribution in [0.5, 0.6) is 0 Å². The fraction of sp³-hybridized carbons (Fsp3) is 0.217. The monoisotopic (exact) mass is 313 g/mol. The van der Waals surface area contributed by atoms with Crippen molar-refractivity contribution < 1.29 is 0 Å². The van der Waals surface area contributed by atoms with Crippen LogP contribution in [-0.2, 0) is 6.42 Å². The van der Waals surface area contributed by atoms with E-state index in [-0.39, 0.29) is 0 Å². The summed E-state index contributed by atoms with van der Waals surface area (Å²) in [5.41, 5.74) is 5.71. The Balaban J connectivity index is 1.79. The molecule has 1 heteroatoms. The Morgan fingerprint density at radius 1 is 0.792 bits per heavy atom. The molecule has 3 aromatic rings. The number of fused-ring (bicyclic) bond motifs is 1. The average Bonchev–Trinajstić information content (AvgIpc) is 2.68. The van der Waals surface area contributed by atoms with Crippen molar-refractivity contribution in [3.63, 3.8) is 0 Å². The predicted octanol–water partition coefficient (Wildman–Crippen LogP) is 5.40. The smallest absolute Gasteiger partial charge is 0.0609 e. The van der Waals surface area contributed by atoms with Gasteiger partial charge in [-0.1, -0.05) is 84.9 Å². The van der Waals surface area contributed by atoms with Crippen molar-refractivity contribution in [1.29, 1.82) is 0 Å². The summed E-state index contributed by atoms with van der Waals surface area (Å²) in [5.74, 6) is 0. The van der Waals surface area contributed by atoms with Gasteiger partial charge >= 0.3 is 0 Å². The van der Waals surface area contributed by atoms with E-state index in [1.54, 1.807) is 0 Å². The molecule has 0 saturated carbocycles. The second-order valence-electron chi connectivity index (χ2n) is 6.59. The van der Waals surface area contributed by atoms with Crippen molar-refractivity contribution in [3.05, 3.63) is 107 Å². The molecule has 1 nitrogen and oxygen atoms in total. The van der Waals surface area contributed by atoms with Crippen molar-refractivity contribution >= 4 is 0 Å². The highest BCUT2D eigenvalue weighted by Gasteiger charge is 2.31. The Hall–Kier alpha value is -2.38. The SMILES string of the molecule is C[C@H](c1ccccc1)N1CCc2ccccc2[C@@H]1c1ccccc1. The number of benzene rings is 3. The second-order valence-corrected chi connectivity index (χ2v) is 6.59. The average molecular weight is 313 g/mol. The number of hydrogen-bond donors (Lipinski definition) is 0. The summed E-state index contributed by atoms with van der Waals surface area (Å²) in [6, 6.07) is 31.4. The largest absolute Gasteiger partial charge is 0.285 e. The molecule has 1 heterocycles. The third-order valence-corrected chi connectivity index (χ3v) is 5.22. The van der Waals surface area contributed by atoms with E-state index < -0.39 is 0 Å². The third kappa shape index (κ3) is 2.76. The maximum Gasteiger partial charge on any atom is 0.0609 e. The van der Waals surface area contributed by atoms with Crippen molar-refractivity contribution in [3.8, 4) is 0 Å². The lowest BCUT2D eigenvalue weighted by Crippen LogP contribution is -2.37. The van der Waals surface area contributed by atoms with Gasteiger partial charge in [-0.25, -0.2) is 0 Å². The van der Waals surface area contributed by atoms with E-state index in [2.05, 4.69) is 96.8 Å². The molecule has 24 heavy (non-hydrogen) atoms. The second kappa shape index (κ2) is 6.62. The Bertz CT molecular complexity index is 795. The lowest BCUT2D eigenvalue weighted by molar-refractivity contribution is 0.157. The zero-order valence-electron chi connectivity index (χ0n) is 14.1. The zero-order chi connectivity index (χ0) is 16.4. The molecule has 4 rings (SSSR count). The first-order valence-corrected chi connectivity index (χ1v) is 8.78. The molecule has 0 unspecified atom stereocenters. The summed E-state index contributed by atoms with van der Waals surface area (Å²) >= 11 is 0. The van der Waals surface area contributed by atoms with Crippen molar-refractivity contribution in [2.45, 2.75) is 25.4 Å². The van der Waals surface area contributed by atoms with Crippen LogP contribution in [0, 0.1) is 0 Å². The number of rotatable bonds is 3. The van der Waals surface area contributed by atoms with Gasteiger partial charge in [0.2, 0.25) is 0 Å². The Labute approximate surface area is 144 Å². The van der Waals surface area contributed by atoms with Crippen molar-refractivity contribution in [2.24, 2.45) is 0 Å². The van der Waals surface area contributed by atoms with Crippen LogP contribution in [0.15, 0.2) is 84.9 Å². The van der Waals surface area contributed by atoms with E-state index in [9.17, 15) is 0 Å². The number of nitrogens with zero attached hydrogens (tertiary/aromatic N) is 1. The normalized spacial score (nSPS) is 18.8. The van der Waals surface area contributed by atoms with E-state index >= 15 is 0 Å². The fourth-order valence-corrected chi connectivity index (χ4v) is 3.93. The lowest BCUT2D eigenvalue weighted by Gasteiger charge is -2.41. The van der Waals surface area contributed by atoms with Gasteiger partial charge in [0, 0.05) is 12.6 Å². The van der Waals surface area contributed by atoms with Gasteiger partial charge < -0.3 is 0 Å². The molecule has 1 aliphatic heterocycles. The van der Waals surface area contributed by atoms with Gasteiger partial charge in [0.05, 0.1) is 6.04 Å². The molecule has 0 fully saturated rings. The van der Waals surface area contributed by atoms with E-state index in [0.29, 0.717) is 12.1 Å². The summed E-state index contributed by atoms with van der Waals surface area (Å²) in [6.07, 6.45) is 1.12. The molecule has 0 N–H and O–H groups in total. The molecule has 120 valence electrons. The van der Waals surface area contributed by atoms with Crippen LogP contribution >= 0.6 is 0 Å². The minimum absolute atomic E-state index is 0.325. The minimum Gasteiger partial charge on any atom is -0.285 e. The first kappa shape index (κ1) is 15.2. The molecule has 2 atom stereocenters. The molecule has 3 aromatic carbocycles. The molecule has 0 amide bonds. The van der Waals surface area contributed by atoms with Crippen LogP contribution in [0.3, 0.4) is 0 Å². The molecule has 0 saturated heterocycles. The van der Waals surface area contributed by atoms with Crippen LogP contribution in [0.2, 0.25) is 0 Å². The fourth-order valence-electron chi connectivity index (χ4n) is 3.93. The van der Waals surface area contributed by atoms with Gasteiger partial charge in [-0.15, -0.1) is 0 Å². The minimum atomic E-state index is 0.325. The van der Waals surface area contributed by atoms with Gasteiger partial charge in [-0.05, 0) is 35.6 Å². The lowest BCUT2D eigenvalue weighted by atomic mass is 9.86. The molecule has 0 spiro atoms. The van der Waals surface area contributed by atoms with E-state index in [0.717, 1.165) is 13.0 Å². The Morgan fingerprint density at radius 3 is 2.17 bits per heavy atom. The van der Waals surface area contributed by atoms with Crippen LogP contribution in [0.1, 0.15) is 41.3 Å². The molecule has 1 aliphatic rings. The Kier molecular flexibility index (Phi) is 4.18. The van der Waals surface area contributed by atoms with Crippen LogP contribution in [-0.4, -0.2) is 11.4 Å². The molecule has 0 radical (unpaired) electrons. The molecular formula is C23H23N. The first-order chi connectivity index (χ1) is 11.8. The van der Waals surface area contributed by atoms with E-state index in [1.165, 1.54) is 22.3 Å². The van der Waals surface area contributed by atoms with Crippen molar-refractivity contribution in [2.75, 3.05) is 6.54 Å². The van der Waals surface area contributed by atoms with Crippen LogP contribution < -0.4 is 0 Å². The topological polar surface area (TPSA) is 3.24 Å². The highest BCUT2D eigenvalue weighted by atomic mass is 15.2. The summed E-state index contributed by atoms with van der Waals surface area (Å²) in [4.78, 5) is 2.65. The molecular weight excluding hydrogens is 290 g/mol. The van der Waals surface area contributed by atoms with Crippen LogP contribution in [0.4, 0.5) is 0 Å². The highest BCUT2D eigenvalue weighted by Crippen LogP contribution is 2.39. The summed E-state index contributed by atoms with van der Waals surface area (Å²) < 4.78 is 0. The maximum absolute atomic E-state index is 2.65. The summed E-state index contributed by atoms with van der Waals surface area (Å²) in [7, 11) is 0. The molecule has 0 bridgehead atoms. The quantitative estimate of drug-likeness (QED) is 0.626. The van der Waals surface area contributed by atoms with E-state index in [4.69, 9.17) is 0 Å². The van der Waals surface area contributed by atoms with Gasteiger partial charge in [0.15, 0.2) is 0 Å². The standard InChI is InChI=1S/C23H23N/c1-18(19-10-4-2-5-11-19)24-17-16-20-12-8-9-15-22(20)23(24)21-13-6-3-7-14-21/h2-15,18,23H,16-17H2,1H3/t18-,23+/m1/s1. The van der Waals surface area contributed by atoms with Gasteiger partial charge in [-0.3, -0.25) is 4.90 Å². The summed E-state index contributed by atoms with van der Waals surface area (Å²) in [5, 5.41) is 0. The highest BCUT2D eigenvalue weighted by molar-refractivity contribution is 5.40. The maximum atomic E-state index is 2.65. The summed E-state index contributed by atoms with van der Waals surface area (Å²) in [6.45, 7) is 3.42. The van der Waals surface area contributed by atoms with Gasteiger partial charge in [-0.2, -0.15) is 0 Å². The first-order valence-electron chi connectivity index (χ1n) is 8.78. The molecule has 0 aliphatic carbocycles. The molecule has 0 aromatic heterocycles. The van der Waals surface area contributed by atoms with Crippen LogP contribution in [0.25, 0.3) is 0 Å². The third-order valence-electron chi connectivity index (χ3n) is 5.22. The van der Waals surface area contributed by atoms with Gasteiger partial charge in [0.1, 0.15) is 0 Å². The van der Waals surface area contributed by atoms with Crippen molar-refractivity contribution in [1.82, 2.24) is 4.90 Å². The number of hydrogen-bond acceptors (Lipinski definition) is 1.